The Hall–Kier alpha value is -3.83. The Bertz CT molecular complexity index is 1200. The van der Waals surface area contributed by atoms with Crippen LogP contribution in [0.15, 0.2) is 97.3 Å². The smallest absolute Gasteiger partial charge is 0.163 e. The van der Waals surface area contributed by atoms with Gasteiger partial charge in [0.15, 0.2) is 5.65 Å². The molecule has 3 aromatic carbocycles. The van der Waals surface area contributed by atoms with Crippen molar-refractivity contribution in [2.75, 3.05) is 0 Å². The van der Waals surface area contributed by atoms with E-state index in [9.17, 15) is 0 Å². The molecular formula is C26H25N5. The fraction of sp³-hybridized carbons (Fsp3) is 0.115. The molecule has 31 heavy (non-hydrogen) atoms. The van der Waals surface area contributed by atoms with E-state index >= 15 is 0 Å². The van der Waals surface area contributed by atoms with Crippen LogP contribution in [-0.2, 0) is 5.54 Å². The Kier molecular flexibility index (Phi) is 5.36. The summed E-state index contributed by atoms with van der Waals surface area (Å²) in [6.07, 6.45) is 1.63. The maximum Gasteiger partial charge on any atom is 0.163 e. The summed E-state index contributed by atoms with van der Waals surface area (Å²) in [5, 5.41) is 6.07. The molecule has 0 unspecified atom stereocenters. The molecule has 0 saturated carbocycles. The zero-order valence-electron chi connectivity index (χ0n) is 17.7. The Labute approximate surface area is 182 Å². The first-order valence-corrected chi connectivity index (χ1v) is 10.1. The van der Waals surface area contributed by atoms with E-state index in [1.807, 2.05) is 32.0 Å². The van der Waals surface area contributed by atoms with Crippen molar-refractivity contribution in [1.29, 1.82) is 0 Å². The van der Waals surface area contributed by atoms with Crippen molar-refractivity contribution < 1.29 is 0 Å². The number of aryl methyl sites for hydroxylation is 2. The molecule has 0 atom stereocenters. The molecule has 3 N–H and O–H groups in total. The lowest BCUT2D eigenvalue weighted by atomic mass is 9.77. The first-order valence-electron chi connectivity index (χ1n) is 10.1. The summed E-state index contributed by atoms with van der Waals surface area (Å²) in [4.78, 5) is 9.11. The molecule has 0 bridgehead atoms. The average Bonchev–Trinajstić information content (AvgIpc) is 3.15. The van der Waals surface area contributed by atoms with Gasteiger partial charge < -0.3 is 6.15 Å². The minimum Gasteiger partial charge on any atom is -0.344 e. The highest BCUT2D eigenvalue weighted by Crippen LogP contribution is 2.42. The number of aromatic nitrogens is 4. The molecular weight excluding hydrogens is 382 g/mol. The Morgan fingerprint density at radius 3 is 1.52 bits per heavy atom. The molecule has 0 amide bonds. The lowest BCUT2D eigenvalue weighted by Crippen LogP contribution is -2.38. The summed E-state index contributed by atoms with van der Waals surface area (Å²) in [7, 11) is 0. The number of hydrogen-bond acceptors (Lipinski definition) is 4. The highest BCUT2D eigenvalue weighted by molar-refractivity contribution is 5.81. The van der Waals surface area contributed by atoms with Crippen LogP contribution in [0.2, 0.25) is 0 Å². The molecule has 0 aliphatic carbocycles. The van der Waals surface area contributed by atoms with Crippen molar-refractivity contribution in [3.8, 4) is 0 Å². The fourth-order valence-corrected chi connectivity index (χ4v) is 4.43. The quantitative estimate of drug-likeness (QED) is 0.402. The van der Waals surface area contributed by atoms with Gasteiger partial charge in [-0.25, -0.2) is 14.6 Å². The Morgan fingerprint density at radius 2 is 1.06 bits per heavy atom. The Morgan fingerprint density at radius 1 is 0.613 bits per heavy atom. The number of nitrogens with zero attached hydrogens (tertiary/aromatic N) is 4. The van der Waals surface area contributed by atoms with Crippen molar-refractivity contribution in [3.05, 3.63) is 125 Å². The second kappa shape index (κ2) is 8.13. The lowest BCUT2D eigenvalue weighted by molar-refractivity contribution is 0.469. The first kappa shape index (κ1) is 20.4. The van der Waals surface area contributed by atoms with E-state index in [2.05, 4.69) is 82.5 Å². The van der Waals surface area contributed by atoms with Crippen LogP contribution in [0.25, 0.3) is 11.0 Å². The summed E-state index contributed by atoms with van der Waals surface area (Å²) in [6.45, 7) is 4.04. The minimum absolute atomic E-state index is 0. The van der Waals surface area contributed by atoms with Gasteiger partial charge in [0, 0.05) is 0 Å². The SMILES string of the molecule is Cc1ncnc2c1c(C)nn2C(c1ccccc1)(c1ccccc1)c1ccccc1.N. The van der Waals surface area contributed by atoms with E-state index in [0.29, 0.717) is 0 Å². The number of benzene rings is 3. The van der Waals surface area contributed by atoms with Crippen LogP contribution in [0, 0.1) is 13.8 Å². The highest BCUT2D eigenvalue weighted by atomic mass is 15.4. The number of hydrogen-bond donors (Lipinski definition) is 1. The van der Waals surface area contributed by atoms with Crippen molar-refractivity contribution in [1.82, 2.24) is 25.9 Å². The van der Waals surface area contributed by atoms with E-state index < -0.39 is 5.54 Å². The van der Waals surface area contributed by atoms with Crippen LogP contribution in [0.4, 0.5) is 0 Å². The summed E-state index contributed by atoms with van der Waals surface area (Å²) < 4.78 is 2.08. The van der Waals surface area contributed by atoms with Crippen LogP contribution < -0.4 is 6.15 Å². The predicted molar refractivity (Wildman–Crippen MR) is 124 cm³/mol. The van der Waals surface area contributed by atoms with Gasteiger partial charge >= 0.3 is 0 Å². The molecule has 5 rings (SSSR count). The second-order valence-electron chi connectivity index (χ2n) is 7.46. The van der Waals surface area contributed by atoms with E-state index in [1.165, 1.54) is 0 Å². The van der Waals surface area contributed by atoms with Gasteiger partial charge in [0.25, 0.3) is 0 Å². The molecule has 5 aromatic rings. The van der Waals surface area contributed by atoms with Crippen LogP contribution in [0.3, 0.4) is 0 Å². The van der Waals surface area contributed by atoms with Crippen LogP contribution >= 0.6 is 0 Å². The van der Waals surface area contributed by atoms with E-state index in [4.69, 9.17) is 10.1 Å². The normalized spacial score (nSPS) is 11.3. The van der Waals surface area contributed by atoms with E-state index in [0.717, 1.165) is 39.1 Å². The van der Waals surface area contributed by atoms with E-state index in [1.54, 1.807) is 6.33 Å². The number of rotatable bonds is 4. The van der Waals surface area contributed by atoms with Gasteiger partial charge in [-0.05, 0) is 30.5 Å². The summed E-state index contributed by atoms with van der Waals surface area (Å²) >= 11 is 0. The Balaban J connectivity index is 0.00000231. The monoisotopic (exact) mass is 407 g/mol. The topological polar surface area (TPSA) is 78.6 Å². The molecule has 0 aliphatic heterocycles. The molecule has 0 aliphatic rings. The molecule has 5 nitrogen and oxygen atoms in total. The molecule has 0 spiro atoms. The largest absolute Gasteiger partial charge is 0.344 e. The second-order valence-corrected chi connectivity index (χ2v) is 7.46. The zero-order valence-corrected chi connectivity index (χ0v) is 17.7. The fourth-order valence-electron chi connectivity index (χ4n) is 4.43. The molecule has 0 fully saturated rings. The highest BCUT2D eigenvalue weighted by Gasteiger charge is 2.41. The number of fused-ring (bicyclic) bond motifs is 1. The van der Waals surface area contributed by atoms with Crippen LogP contribution in [-0.4, -0.2) is 19.7 Å². The van der Waals surface area contributed by atoms with Gasteiger partial charge in [-0.2, -0.15) is 5.10 Å². The van der Waals surface area contributed by atoms with Gasteiger partial charge in [0.1, 0.15) is 11.9 Å². The molecule has 0 saturated heterocycles. The van der Waals surface area contributed by atoms with Crippen molar-refractivity contribution >= 4 is 11.0 Å². The molecule has 2 aromatic heterocycles. The average molecular weight is 408 g/mol. The molecule has 5 heteroatoms. The third-order valence-electron chi connectivity index (χ3n) is 5.72. The van der Waals surface area contributed by atoms with Crippen molar-refractivity contribution in [2.24, 2.45) is 0 Å². The first-order chi connectivity index (χ1) is 14.7. The molecule has 2 heterocycles. The predicted octanol–water partition coefficient (Wildman–Crippen LogP) is 5.45. The van der Waals surface area contributed by atoms with Gasteiger partial charge in [-0.3, -0.25) is 0 Å². The zero-order chi connectivity index (χ0) is 20.6. The van der Waals surface area contributed by atoms with Crippen LogP contribution in [0.5, 0.6) is 0 Å². The third kappa shape index (κ3) is 3.10. The van der Waals surface area contributed by atoms with Crippen molar-refractivity contribution in [2.45, 2.75) is 19.4 Å². The van der Waals surface area contributed by atoms with Crippen LogP contribution in [0.1, 0.15) is 28.1 Å². The van der Waals surface area contributed by atoms with Gasteiger partial charge in [0.05, 0.1) is 16.8 Å². The summed E-state index contributed by atoms with van der Waals surface area (Å²) in [5.41, 5.74) is 5.41. The maximum atomic E-state index is 5.07. The summed E-state index contributed by atoms with van der Waals surface area (Å²) in [5.74, 6) is 0. The van der Waals surface area contributed by atoms with Gasteiger partial charge in [-0.15, -0.1) is 0 Å². The van der Waals surface area contributed by atoms with Gasteiger partial charge in [0.2, 0.25) is 0 Å². The molecule has 0 radical (unpaired) electrons. The lowest BCUT2D eigenvalue weighted by Gasteiger charge is -2.36. The van der Waals surface area contributed by atoms with Gasteiger partial charge in [-0.1, -0.05) is 91.0 Å². The summed E-state index contributed by atoms with van der Waals surface area (Å²) in [6, 6.07) is 31.6. The van der Waals surface area contributed by atoms with E-state index in [-0.39, 0.29) is 6.15 Å². The standard InChI is InChI=1S/C26H22N4.H3N/c1-19-24-20(2)29-30(25(24)28-18-27-19)26(21-12-6-3-7-13-21,22-14-8-4-9-15-22)23-16-10-5-11-17-23;/h3-18H,1-2H3;1H3. The third-order valence-corrected chi connectivity index (χ3v) is 5.72. The minimum atomic E-state index is -0.670. The van der Waals surface area contributed by atoms with Crippen molar-refractivity contribution in [3.63, 3.8) is 0 Å². The maximum absolute atomic E-state index is 5.07. The molecule has 154 valence electrons.